The van der Waals surface area contributed by atoms with Crippen molar-refractivity contribution in [3.05, 3.63) is 0 Å². The molecule has 0 spiro atoms. The van der Waals surface area contributed by atoms with Crippen LogP contribution in [-0.2, 0) is 0 Å². The molecule has 0 aliphatic heterocycles. The van der Waals surface area contributed by atoms with E-state index in [1.54, 1.807) is 0 Å². The number of likely N-dealkylation sites (N-methyl/N-ethyl adjacent to an activating group) is 1. The number of nitrogens with two attached hydrogens (primary N) is 1. The van der Waals surface area contributed by atoms with E-state index in [0.29, 0.717) is 18.0 Å². The molecule has 0 fully saturated rings. The number of hydrogen-bond donors (Lipinski definition) is 1. The van der Waals surface area contributed by atoms with Crippen LogP contribution in [0.1, 0.15) is 40.5 Å². The summed E-state index contributed by atoms with van der Waals surface area (Å²) in [5.74, 6) is 0.580. The lowest BCUT2D eigenvalue weighted by atomic mass is 10.0. The molecule has 0 aromatic carbocycles. The summed E-state index contributed by atoms with van der Waals surface area (Å²) in [5, 5.41) is 0. The second-order valence-corrected chi connectivity index (χ2v) is 4.32. The Hall–Kier alpha value is -0.0800. The summed E-state index contributed by atoms with van der Waals surface area (Å²) in [6.45, 7) is 9.87. The Kier molecular flexibility index (Phi) is 6.35. The van der Waals surface area contributed by atoms with Gasteiger partial charge in [0.25, 0.3) is 0 Å². The summed E-state index contributed by atoms with van der Waals surface area (Å²) in [6, 6.07) is 1.01. The normalized spacial score (nSPS) is 14.5. The van der Waals surface area contributed by atoms with Gasteiger partial charge in [0, 0.05) is 18.6 Å². The van der Waals surface area contributed by atoms with Crippen molar-refractivity contribution in [2.45, 2.75) is 52.6 Å². The molecule has 0 rings (SSSR count). The average Bonchev–Trinajstić information content (AvgIpc) is 2.06. The largest absolute Gasteiger partial charge is 0.326 e. The quantitative estimate of drug-likeness (QED) is 0.688. The van der Waals surface area contributed by atoms with E-state index in [0.717, 1.165) is 6.54 Å². The maximum atomic E-state index is 6.02. The minimum absolute atomic E-state index is 0.311. The van der Waals surface area contributed by atoms with Gasteiger partial charge in [-0.3, -0.25) is 0 Å². The lowest BCUT2D eigenvalue weighted by molar-refractivity contribution is 0.203. The Bertz CT molecular complexity index is 119. The number of hydrogen-bond acceptors (Lipinski definition) is 2. The van der Waals surface area contributed by atoms with Gasteiger partial charge in [0.2, 0.25) is 0 Å². The fourth-order valence-electron chi connectivity index (χ4n) is 1.60. The molecule has 0 radical (unpaired) electrons. The molecule has 0 saturated carbocycles. The maximum Gasteiger partial charge on any atom is 0.0191 e. The van der Waals surface area contributed by atoms with Crippen molar-refractivity contribution in [1.82, 2.24) is 4.90 Å². The Morgan fingerprint density at radius 2 is 1.62 bits per heavy atom. The molecule has 1 atom stereocenters. The van der Waals surface area contributed by atoms with Crippen LogP contribution in [0.15, 0.2) is 0 Å². The minimum atomic E-state index is 0.311. The van der Waals surface area contributed by atoms with Crippen LogP contribution in [0.5, 0.6) is 0 Å². The smallest absolute Gasteiger partial charge is 0.0191 e. The molecule has 0 aliphatic rings. The van der Waals surface area contributed by atoms with Gasteiger partial charge in [0.1, 0.15) is 0 Å². The van der Waals surface area contributed by atoms with Crippen LogP contribution >= 0.6 is 0 Å². The van der Waals surface area contributed by atoms with Crippen LogP contribution in [0.3, 0.4) is 0 Å². The Labute approximate surface area is 83.5 Å². The summed E-state index contributed by atoms with van der Waals surface area (Å²) < 4.78 is 0. The molecule has 2 heteroatoms. The summed E-state index contributed by atoms with van der Waals surface area (Å²) >= 11 is 0. The fraction of sp³-hybridized carbons (Fsp3) is 1.00. The number of rotatable bonds is 6. The molecule has 13 heavy (non-hydrogen) atoms. The van der Waals surface area contributed by atoms with E-state index >= 15 is 0 Å². The first-order valence-electron chi connectivity index (χ1n) is 5.48. The molecule has 0 amide bonds. The van der Waals surface area contributed by atoms with Gasteiger partial charge >= 0.3 is 0 Å². The van der Waals surface area contributed by atoms with Gasteiger partial charge in [0.15, 0.2) is 0 Å². The lowest BCUT2D eigenvalue weighted by Crippen LogP contribution is -2.43. The molecule has 80 valence electrons. The molecule has 0 aliphatic carbocycles. The van der Waals surface area contributed by atoms with Crippen LogP contribution in [0.2, 0.25) is 0 Å². The molecule has 0 aromatic rings. The first-order chi connectivity index (χ1) is 6.02. The zero-order valence-corrected chi connectivity index (χ0v) is 9.88. The third-order valence-corrected chi connectivity index (χ3v) is 2.92. The first-order valence-corrected chi connectivity index (χ1v) is 5.48. The topological polar surface area (TPSA) is 29.3 Å². The van der Waals surface area contributed by atoms with E-state index in [1.165, 1.54) is 12.8 Å². The predicted octanol–water partition coefficient (Wildman–Crippen LogP) is 2.09. The van der Waals surface area contributed by atoms with Crippen molar-refractivity contribution in [3.63, 3.8) is 0 Å². The van der Waals surface area contributed by atoms with Crippen molar-refractivity contribution < 1.29 is 0 Å². The van der Waals surface area contributed by atoms with E-state index in [9.17, 15) is 0 Å². The third-order valence-electron chi connectivity index (χ3n) is 2.92. The Balaban J connectivity index is 3.89. The SMILES string of the molecule is CCC(CC)N(C)CC(N)C(C)C. The van der Waals surface area contributed by atoms with E-state index in [4.69, 9.17) is 5.73 Å². The monoisotopic (exact) mass is 186 g/mol. The second-order valence-electron chi connectivity index (χ2n) is 4.32. The Morgan fingerprint density at radius 3 is 1.92 bits per heavy atom. The molecule has 0 saturated heterocycles. The molecule has 0 bridgehead atoms. The first kappa shape index (κ1) is 12.9. The van der Waals surface area contributed by atoms with Crippen LogP contribution in [-0.4, -0.2) is 30.6 Å². The summed E-state index contributed by atoms with van der Waals surface area (Å²) in [7, 11) is 2.18. The standard InChI is InChI=1S/C11H26N2/c1-6-10(7-2)13(5)8-11(12)9(3)4/h9-11H,6-8,12H2,1-5H3. The predicted molar refractivity (Wildman–Crippen MR) is 59.8 cm³/mol. The van der Waals surface area contributed by atoms with Crippen molar-refractivity contribution in [2.75, 3.05) is 13.6 Å². The molecule has 0 heterocycles. The van der Waals surface area contributed by atoms with Crippen molar-refractivity contribution in [3.8, 4) is 0 Å². The zero-order valence-electron chi connectivity index (χ0n) is 9.88. The van der Waals surface area contributed by atoms with Gasteiger partial charge in [-0.25, -0.2) is 0 Å². The molecule has 1 unspecified atom stereocenters. The highest BCUT2D eigenvalue weighted by molar-refractivity contribution is 4.73. The summed E-state index contributed by atoms with van der Waals surface area (Å²) in [5.41, 5.74) is 6.02. The van der Waals surface area contributed by atoms with E-state index in [-0.39, 0.29) is 0 Å². The van der Waals surface area contributed by atoms with Gasteiger partial charge in [-0.1, -0.05) is 27.7 Å². The third kappa shape index (κ3) is 4.63. The molecule has 2 N–H and O–H groups in total. The summed E-state index contributed by atoms with van der Waals surface area (Å²) in [6.07, 6.45) is 2.44. The molecular formula is C11H26N2. The highest BCUT2D eigenvalue weighted by Crippen LogP contribution is 2.08. The minimum Gasteiger partial charge on any atom is -0.326 e. The average molecular weight is 186 g/mol. The van der Waals surface area contributed by atoms with Gasteiger partial charge in [-0.15, -0.1) is 0 Å². The number of nitrogens with zero attached hydrogens (tertiary/aromatic N) is 1. The van der Waals surface area contributed by atoms with Crippen LogP contribution < -0.4 is 5.73 Å². The van der Waals surface area contributed by atoms with Crippen molar-refractivity contribution >= 4 is 0 Å². The van der Waals surface area contributed by atoms with Crippen molar-refractivity contribution in [2.24, 2.45) is 11.7 Å². The van der Waals surface area contributed by atoms with E-state index in [1.807, 2.05) is 0 Å². The van der Waals surface area contributed by atoms with Crippen LogP contribution in [0, 0.1) is 5.92 Å². The van der Waals surface area contributed by atoms with E-state index in [2.05, 4.69) is 39.6 Å². The molecule has 2 nitrogen and oxygen atoms in total. The maximum absolute atomic E-state index is 6.02. The zero-order chi connectivity index (χ0) is 10.4. The summed E-state index contributed by atoms with van der Waals surface area (Å²) in [4.78, 5) is 2.39. The Morgan fingerprint density at radius 1 is 1.15 bits per heavy atom. The van der Waals surface area contributed by atoms with Gasteiger partial charge in [-0.2, -0.15) is 0 Å². The molecular weight excluding hydrogens is 160 g/mol. The van der Waals surface area contributed by atoms with Crippen LogP contribution in [0.4, 0.5) is 0 Å². The second kappa shape index (κ2) is 6.39. The highest BCUT2D eigenvalue weighted by atomic mass is 15.1. The van der Waals surface area contributed by atoms with Gasteiger partial charge < -0.3 is 10.6 Å². The fourth-order valence-corrected chi connectivity index (χ4v) is 1.60. The molecule has 0 aromatic heterocycles. The van der Waals surface area contributed by atoms with Crippen LogP contribution in [0.25, 0.3) is 0 Å². The van der Waals surface area contributed by atoms with Gasteiger partial charge in [-0.05, 0) is 25.8 Å². The highest BCUT2D eigenvalue weighted by Gasteiger charge is 2.15. The van der Waals surface area contributed by atoms with Crippen molar-refractivity contribution in [1.29, 1.82) is 0 Å². The van der Waals surface area contributed by atoms with Gasteiger partial charge in [0.05, 0.1) is 0 Å². The van der Waals surface area contributed by atoms with E-state index < -0.39 is 0 Å². The lowest BCUT2D eigenvalue weighted by Gasteiger charge is -2.30.